The number of nitrogens with one attached hydrogen (secondary N) is 1. The first-order valence-electron chi connectivity index (χ1n) is 8.23. The van der Waals surface area contributed by atoms with E-state index >= 15 is 0 Å². The van der Waals surface area contributed by atoms with Crippen LogP contribution in [0.1, 0.15) is 34.7 Å². The number of nitro benzene ring substituents is 1. The Bertz CT molecular complexity index is 793. The molecule has 25 heavy (non-hydrogen) atoms. The van der Waals surface area contributed by atoms with E-state index in [0.29, 0.717) is 11.5 Å². The molecule has 0 unspecified atom stereocenters. The van der Waals surface area contributed by atoms with Crippen molar-refractivity contribution < 1.29 is 9.72 Å². The molecule has 0 atom stereocenters. The molecule has 2 heterocycles. The van der Waals surface area contributed by atoms with Crippen LogP contribution in [0, 0.1) is 10.1 Å². The van der Waals surface area contributed by atoms with Crippen molar-refractivity contribution in [2.24, 2.45) is 7.05 Å². The minimum atomic E-state index is -0.481. The van der Waals surface area contributed by atoms with Crippen LogP contribution in [0.15, 0.2) is 30.6 Å². The molecule has 0 spiro atoms. The molecule has 0 bridgehead atoms. The van der Waals surface area contributed by atoms with Gasteiger partial charge in [0.25, 0.3) is 11.6 Å². The Hall–Kier alpha value is -2.90. The predicted octanol–water partition coefficient (Wildman–Crippen LogP) is 2.07. The summed E-state index contributed by atoms with van der Waals surface area (Å²) in [4.78, 5) is 24.8. The Labute approximate surface area is 145 Å². The van der Waals surface area contributed by atoms with Crippen LogP contribution in [0.3, 0.4) is 0 Å². The lowest BCUT2D eigenvalue weighted by Gasteiger charge is -2.34. The van der Waals surface area contributed by atoms with Gasteiger partial charge < -0.3 is 10.2 Å². The number of amides is 1. The lowest BCUT2D eigenvalue weighted by Crippen LogP contribution is -2.34. The van der Waals surface area contributed by atoms with Crippen molar-refractivity contribution in [3.05, 3.63) is 51.8 Å². The highest BCUT2D eigenvalue weighted by atomic mass is 16.6. The number of carbonyl (C=O) groups excluding carboxylic acids is 1. The lowest BCUT2D eigenvalue weighted by molar-refractivity contribution is -0.384. The van der Waals surface area contributed by atoms with E-state index < -0.39 is 4.92 Å². The number of nitrogens with zero attached hydrogens (tertiary/aromatic N) is 4. The molecule has 0 radical (unpaired) electrons. The molecule has 1 fully saturated rings. The highest BCUT2D eigenvalue weighted by Crippen LogP contribution is 2.33. The second-order valence-electron chi connectivity index (χ2n) is 6.25. The maximum atomic E-state index is 12.2. The molecule has 1 saturated heterocycles. The van der Waals surface area contributed by atoms with E-state index in [4.69, 9.17) is 0 Å². The third-order valence-electron chi connectivity index (χ3n) is 4.69. The van der Waals surface area contributed by atoms with Gasteiger partial charge in [0.05, 0.1) is 22.4 Å². The Morgan fingerprint density at radius 1 is 1.36 bits per heavy atom. The van der Waals surface area contributed by atoms with Crippen LogP contribution in [-0.4, -0.2) is 40.7 Å². The Balaban J connectivity index is 1.80. The average molecular weight is 343 g/mol. The Morgan fingerprint density at radius 3 is 2.64 bits per heavy atom. The summed E-state index contributed by atoms with van der Waals surface area (Å²) >= 11 is 0. The van der Waals surface area contributed by atoms with Gasteiger partial charge in [-0.3, -0.25) is 19.6 Å². The van der Waals surface area contributed by atoms with E-state index in [1.54, 1.807) is 6.07 Å². The summed E-state index contributed by atoms with van der Waals surface area (Å²) in [5.74, 6) is 0.138. The third kappa shape index (κ3) is 3.47. The van der Waals surface area contributed by atoms with Gasteiger partial charge in [-0.25, -0.2) is 0 Å². The number of nitro groups is 1. The van der Waals surface area contributed by atoms with Crippen molar-refractivity contribution >= 4 is 17.3 Å². The van der Waals surface area contributed by atoms with E-state index in [9.17, 15) is 14.9 Å². The average Bonchev–Trinajstić information content (AvgIpc) is 3.07. The quantitative estimate of drug-likeness (QED) is 0.677. The molecule has 1 N–H and O–H groups in total. The zero-order valence-electron chi connectivity index (χ0n) is 14.3. The van der Waals surface area contributed by atoms with Crippen molar-refractivity contribution in [2.45, 2.75) is 18.8 Å². The first kappa shape index (κ1) is 16.9. The number of carbonyl (C=O) groups is 1. The Morgan fingerprint density at radius 2 is 2.08 bits per heavy atom. The molecule has 0 saturated carbocycles. The van der Waals surface area contributed by atoms with E-state index in [1.165, 1.54) is 24.7 Å². The van der Waals surface area contributed by atoms with Crippen molar-refractivity contribution in [3.8, 4) is 0 Å². The van der Waals surface area contributed by atoms with Gasteiger partial charge in [-0.1, -0.05) is 0 Å². The summed E-state index contributed by atoms with van der Waals surface area (Å²) in [5.41, 5.74) is 2.25. The minimum absolute atomic E-state index is 0.0763. The fraction of sp³-hybridized carbons (Fsp3) is 0.412. The van der Waals surface area contributed by atoms with Gasteiger partial charge in [0.1, 0.15) is 0 Å². The number of rotatable bonds is 4. The first-order valence-corrected chi connectivity index (χ1v) is 8.23. The lowest BCUT2D eigenvalue weighted by atomic mass is 9.91. The van der Waals surface area contributed by atoms with Crippen molar-refractivity contribution in [1.82, 2.24) is 15.1 Å². The number of anilines is 1. The largest absolute Gasteiger partial charge is 0.371 e. The molecular weight excluding hydrogens is 322 g/mol. The minimum Gasteiger partial charge on any atom is -0.371 e. The van der Waals surface area contributed by atoms with E-state index in [1.807, 2.05) is 24.1 Å². The van der Waals surface area contributed by atoms with Crippen LogP contribution in [0.5, 0.6) is 0 Å². The molecule has 1 amide bonds. The zero-order chi connectivity index (χ0) is 18.0. The summed E-state index contributed by atoms with van der Waals surface area (Å²) < 4.78 is 1.81. The SMILES string of the molecule is CNC(=O)c1cc([N+](=O)[O-])ccc1N1CCC(c2cnn(C)c2)CC1. The second-order valence-corrected chi connectivity index (χ2v) is 6.25. The third-order valence-corrected chi connectivity index (χ3v) is 4.69. The molecule has 2 aromatic rings. The maximum absolute atomic E-state index is 12.2. The maximum Gasteiger partial charge on any atom is 0.270 e. The van der Waals surface area contributed by atoms with Crippen LogP contribution in [0.4, 0.5) is 11.4 Å². The topological polar surface area (TPSA) is 93.3 Å². The summed E-state index contributed by atoms with van der Waals surface area (Å²) in [7, 11) is 3.44. The summed E-state index contributed by atoms with van der Waals surface area (Å²) in [5, 5.41) is 17.8. The van der Waals surface area contributed by atoms with Gasteiger partial charge in [0.15, 0.2) is 0 Å². The van der Waals surface area contributed by atoms with Gasteiger partial charge in [0, 0.05) is 45.5 Å². The number of benzene rings is 1. The fourth-order valence-electron chi connectivity index (χ4n) is 3.33. The normalized spacial score (nSPS) is 15.2. The van der Waals surface area contributed by atoms with Gasteiger partial charge in [0.2, 0.25) is 0 Å². The number of piperidine rings is 1. The zero-order valence-corrected chi connectivity index (χ0v) is 14.3. The van der Waals surface area contributed by atoms with Crippen LogP contribution >= 0.6 is 0 Å². The van der Waals surface area contributed by atoms with E-state index in [-0.39, 0.29) is 11.6 Å². The second kappa shape index (κ2) is 6.92. The molecular formula is C17H21N5O3. The molecule has 3 rings (SSSR count). The van der Waals surface area contributed by atoms with E-state index in [2.05, 4.69) is 15.3 Å². The number of non-ortho nitro benzene ring substituents is 1. The molecule has 132 valence electrons. The van der Waals surface area contributed by atoms with E-state index in [0.717, 1.165) is 31.6 Å². The molecule has 8 nitrogen and oxygen atoms in total. The van der Waals surface area contributed by atoms with Crippen molar-refractivity contribution in [3.63, 3.8) is 0 Å². The summed E-state index contributed by atoms with van der Waals surface area (Å²) in [6, 6.07) is 4.48. The van der Waals surface area contributed by atoms with Crippen LogP contribution in [0.2, 0.25) is 0 Å². The standard InChI is InChI=1S/C17H21N5O3/c1-18-17(23)15-9-14(22(24)25)3-4-16(15)21-7-5-12(6-8-21)13-10-19-20(2)11-13/h3-4,9-12H,5-8H2,1-2H3,(H,18,23). The fourth-order valence-corrected chi connectivity index (χ4v) is 3.33. The number of hydrogen-bond donors (Lipinski definition) is 1. The molecule has 0 aliphatic carbocycles. The molecule has 1 aromatic carbocycles. The van der Waals surface area contributed by atoms with Crippen molar-refractivity contribution in [1.29, 1.82) is 0 Å². The monoisotopic (exact) mass is 343 g/mol. The first-order chi connectivity index (χ1) is 12.0. The number of aryl methyl sites for hydroxylation is 1. The molecule has 8 heteroatoms. The highest BCUT2D eigenvalue weighted by molar-refractivity contribution is 6.00. The van der Waals surface area contributed by atoms with Gasteiger partial charge in [-0.05, 0) is 30.4 Å². The van der Waals surface area contributed by atoms with Gasteiger partial charge >= 0.3 is 0 Å². The van der Waals surface area contributed by atoms with Crippen LogP contribution < -0.4 is 10.2 Å². The van der Waals surface area contributed by atoms with Gasteiger partial charge in [-0.15, -0.1) is 0 Å². The Kier molecular flexibility index (Phi) is 4.69. The summed E-state index contributed by atoms with van der Waals surface area (Å²) in [6.45, 7) is 1.59. The number of hydrogen-bond acceptors (Lipinski definition) is 5. The molecule has 1 aliphatic heterocycles. The van der Waals surface area contributed by atoms with Crippen LogP contribution in [0.25, 0.3) is 0 Å². The summed E-state index contributed by atoms with van der Waals surface area (Å²) in [6.07, 6.45) is 5.86. The predicted molar refractivity (Wildman–Crippen MR) is 93.9 cm³/mol. The number of aromatic nitrogens is 2. The van der Waals surface area contributed by atoms with Gasteiger partial charge in [-0.2, -0.15) is 5.10 Å². The highest BCUT2D eigenvalue weighted by Gasteiger charge is 2.25. The van der Waals surface area contributed by atoms with Crippen LogP contribution in [-0.2, 0) is 7.05 Å². The van der Waals surface area contributed by atoms with Crippen molar-refractivity contribution in [2.75, 3.05) is 25.0 Å². The molecule has 1 aliphatic rings. The smallest absolute Gasteiger partial charge is 0.270 e. The molecule has 1 aromatic heterocycles.